The number of benzene rings is 3. The van der Waals surface area contributed by atoms with Crippen molar-refractivity contribution in [3.8, 4) is 11.5 Å². The van der Waals surface area contributed by atoms with E-state index in [0.717, 1.165) is 36.9 Å². The van der Waals surface area contributed by atoms with E-state index >= 15 is 0 Å². The summed E-state index contributed by atoms with van der Waals surface area (Å²) in [6.07, 6.45) is -6.49. The molecule has 13 heteroatoms. The third-order valence-corrected chi connectivity index (χ3v) is 7.58. The van der Waals surface area contributed by atoms with Crippen LogP contribution in [0.25, 0.3) is 11.0 Å². The van der Waals surface area contributed by atoms with E-state index in [2.05, 4.69) is 40.7 Å². The number of alkyl halides is 6. The summed E-state index contributed by atoms with van der Waals surface area (Å²) in [5, 5.41) is 5.64. The molecule has 4 aromatic rings. The molecule has 0 unspecified atom stereocenters. The highest BCUT2D eigenvalue weighted by Crippen LogP contribution is 2.46. The first-order chi connectivity index (χ1) is 21.0. The maximum absolute atomic E-state index is 13.0. The minimum atomic E-state index is -4.80. The van der Waals surface area contributed by atoms with Gasteiger partial charge in [0.1, 0.15) is 11.5 Å². The van der Waals surface area contributed by atoms with E-state index in [-0.39, 0.29) is 22.9 Å². The molecule has 1 saturated carbocycles. The zero-order chi connectivity index (χ0) is 32.6. The summed E-state index contributed by atoms with van der Waals surface area (Å²) in [6.45, 7) is 6.19. The van der Waals surface area contributed by atoms with Crippen molar-refractivity contribution in [3.05, 3.63) is 72.3 Å². The summed E-state index contributed by atoms with van der Waals surface area (Å²) in [7, 11) is 0. The van der Waals surface area contributed by atoms with Crippen molar-refractivity contribution < 1.29 is 40.6 Å². The van der Waals surface area contributed by atoms with Gasteiger partial charge in [0.15, 0.2) is 6.61 Å². The molecule has 0 spiro atoms. The smallest absolute Gasteiger partial charge is 0.484 e. The number of nitrogens with zero attached hydrogens (tertiary/aromatic N) is 2. The highest BCUT2D eigenvalue weighted by molar-refractivity contribution is 5.92. The normalized spacial score (nSPS) is 18.4. The van der Waals surface area contributed by atoms with Crippen LogP contribution in [0.4, 0.5) is 43.7 Å². The molecule has 0 aliphatic heterocycles. The van der Waals surface area contributed by atoms with Crippen molar-refractivity contribution in [2.75, 3.05) is 17.2 Å². The van der Waals surface area contributed by atoms with Crippen LogP contribution in [0.1, 0.15) is 51.6 Å². The average Bonchev–Trinajstić information content (AvgIpc) is 3.28. The Bertz CT molecular complexity index is 1660. The molecule has 1 fully saturated rings. The Balaban J connectivity index is 1.37. The van der Waals surface area contributed by atoms with E-state index in [1.807, 2.05) is 6.07 Å². The van der Waals surface area contributed by atoms with Crippen LogP contribution in [0.5, 0.6) is 11.5 Å². The maximum Gasteiger partial charge on any atom is 0.573 e. The van der Waals surface area contributed by atoms with Crippen molar-refractivity contribution in [3.63, 3.8) is 0 Å². The number of amides is 1. The standard InChI is InChI=1S/C32H32F6N4O3/c1-19-13-23(17-30(2,3)16-19)42-27-12-11-25(44-18-28(43)39-22-6-4-5-20(14-22)31(33,34)35)15-26(27)41-29(42)40-21-7-9-24(10-8-21)45-32(36,37)38/h4-12,14-15,19,23H,13,16-18H2,1-3H3,(H,39,43)(H,40,41)/t19-,23+/m0/s1. The van der Waals surface area contributed by atoms with Gasteiger partial charge in [-0.2, -0.15) is 13.2 Å². The van der Waals surface area contributed by atoms with Gasteiger partial charge in [-0.1, -0.05) is 26.8 Å². The first-order valence-electron chi connectivity index (χ1n) is 14.3. The van der Waals surface area contributed by atoms with E-state index in [4.69, 9.17) is 9.72 Å². The van der Waals surface area contributed by atoms with E-state index in [9.17, 15) is 31.1 Å². The summed E-state index contributed by atoms with van der Waals surface area (Å²) in [6, 6.07) is 14.9. The van der Waals surface area contributed by atoms with E-state index < -0.39 is 30.6 Å². The molecule has 240 valence electrons. The highest BCUT2D eigenvalue weighted by Gasteiger charge is 2.35. The molecule has 1 aromatic heterocycles. The molecule has 0 saturated heterocycles. The zero-order valence-corrected chi connectivity index (χ0v) is 24.7. The molecule has 7 nitrogen and oxygen atoms in total. The first-order valence-corrected chi connectivity index (χ1v) is 14.3. The molecule has 0 bridgehead atoms. The molecule has 1 aliphatic carbocycles. The van der Waals surface area contributed by atoms with Gasteiger partial charge in [-0.05, 0) is 85.2 Å². The maximum atomic E-state index is 13.0. The van der Waals surface area contributed by atoms with Crippen LogP contribution in [0.3, 0.4) is 0 Å². The summed E-state index contributed by atoms with van der Waals surface area (Å²) in [5.41, 5.74) is 1.04. The van der Waals surface area contributed by atoms with Crippen LogP contribution in [0.15, 0.2) is 66.7 Å². The molecule has 45 heavy (non-hydrogen) atoms. The minimum Gasteiger partial charge on any atom is -0.484 e. The third kappa shape index (κ3) is 8.20. The molecule has 1 heterocycles. The molecule has 2 N–H and O–H groups in total. The van der Waals surface area contributed by atoms with Crippen LogP contribution in [-0.4, -0.2) is 28.4 Å². The van der Waals surface area contributed by atoms with Crippen LogP contribution >= 0.6 is 0 Å². The lowest BCUT2D eigenvalue weighted by Gasteiger charge is -2.40. The number of rotatable bonds is 8. The fraction of sp³-hybridized carbons (Fsp3) is 0.375. The van der Waals surface area contributed by atoms with Crippen LogP contribution < -0.4 is 20.1 Å². The lowest BCUT2D eigenvalue weighted by molar-refractivity contribution is -0.274. The summed E-state index contributed by atoms with van der Waals surface area (Å²) in [5.74, 6) is 0.274. The third-order valence-electron chi connectivity index (χ3n) is 7.58. The highest BCUT2D eigenvalue weighted by atomic mass is 19.4. The Morgan fingerprint density at radius 3 is 2.33 bits per heavy atom. The predicted molar refractivity (Wildman–Crippen MR) is 158 cm³/mol. The monoisotopic (exact) mass is 634 g/mol. The molecular formula is C32H32F6N4O3. The molecule has 1 aliphatic rings. The number of imidazole rings is 1. The van der Waals surface area contributed by atoms with Crippen molar-refractivity contribution in [1.29, 1.82) is 0 Å². The minimum absolute atomic E-state index is 0.00836. The first kappa shape index (κ1) is 32.0. The summed E-state index contributed by atoms with van der Waals surface area (Å²) in [4.78, 5) is 17.2. The van der Waals surface area contributed by atoms with Gasteiger partial charge in [0.25, 0.3) is 5.91 Å². The molecule has 3 aromatic carbocycles. The van der Waals surface area contributed by atoms with Crippen molar-refractivity contribution in [1.82, 2.24) is 9.55 Å². The topological polar surface area (TPSA) is 77.4 Å². The number of fused-ring (bicyclic) bond motifs is 1. The van der Waals surface area contributed by atoms with Gasteiger partial charge in [-0.3, -0.25) is 4.79 Å². The number of nitrogens with one attached hydrogen (secondary N) is 2. The number of carbonyl (C=O) groups excluding carboxylic acids is 1. The lowest BCUT2D eigenvalue weighted by Crippen LogP contribution is -2.29. The molecule has 5 rings (SSSR count). The van der Waals surface area contributed by atoms with Crippen LogP contribution in [-0.2, 0) is 11.0 Å². The predicted octanol–water partition coefficient (Wildman–Crippen LogP) is 9.10. The summed E-state index contributed by atoms with van der Waals surface area (Å²) >= 11 is 0. The largest absolute Gasteiger partial charge is 0.573 e. The molecule has 0 radical (unpaired) electrons. The second kappa shape index (κ2) is 12.2. The van der Waals surface area contributed by atoms with Crippen LogP contribution in [0, 0.1) is 11.3 Å². The van der Waals surface area contributed by atoms with E-state index in [1.54, 1.807) is 12.1 Å². The molecule has 1 amide bonds. The van der Waals surface area contributed by atoms with Gasteiger partial charge in [0, 0.05) is 23.5 Å². The lowest BCUT2D eigenvalue weighted by atomic mass is 9.70. The van der Waals surface area contributed by atoms with Crippen molar-refractivity contribution in [2.24, 2.45) is 11.3 Å². The fourth-order valence-corrected chi connectivity index (χ4v) is 6.11. The van der Waals surface area contributed by atoms with Crippen molar-refractivity contribution in [2.45, 2.75) is 58.6 Å². The Labute approximate surface area is 255 Å². The van der Waals surface area contributed by atoms with Gasteiger partial charge in [0.05, 0.1) is 16.6 Å². The number of carbonyl (C=O) groups is 1. The SMILES string of the molecule is C[C@H]1C[C@@H](n2c(Nc3ccc(OC(F)(F)F)cc3)nc3cc(OCC(=O)Nc4cccc(C(F)(F)F)c4)ccc32)CC(C)(C)C1. The van der Waals surface area contributed by atoms with Gasteiger partial charge in [-0.15, -0.1) is 13.2 Å². The fourth-order valence-electron chi connectivity index (χ4n) is 6.11. The molecule has 2 atom stereocenters. The van der Waals surface area contributed by atoms with Crippen LogP contribution in [0.2, 0.25) is 0 Å². The number of aromatic nitrogens is 2. The second-order valence-corrected chi connectivity index (χ2v) is 12.1. The Morgan fingerprint density at radius 2 is 1.67 bits per heavy atom. The molecular weight excluding hydrogens is 602 g/mol. The zero-order valence-electron chi connectivity index (χ0n) is 24.7. The summed E-state index contributed by atoms with van der Waals surface area (Å²) < 4.78 is 88.6. The number of anilines is 3. The Morgan fingerprint density at radius 1 is 0.956 bits per heavy atom. The van der Waals surface area contributed by atoms with E-state index in [0.29, 0.717) is 28.8 Å². The van der Waals surface area contributed by atoms with Gasteiger partial charge in [0.2, 0.25) is 5.95 Å². The Kier molecular flexibility index (Phi) is 8.65. The number of halogens is 6. The Hall–Kier alpha value is -4.42. The van der Waals surface area contributed by atoms with E-state index in [1.165, 1.54) is 36.4 Å². The second-order valence-electron chi connectivity index (χ2n) is 12.1. The van der Waals surface area contributed by atoms with Gasteiger partial charge >= 0.3 is 12.5 Å². The van der Waals surface area contributed by atoms with Crippen molar-refractivity contribution >= 4 is 34.3 Å². The van der Waals surface area contributed by atoms with Gasteiger partial charge < -0.3 is 24.7 Å². The quantitative estimate of drug-likeness (QED) is 0.189. The average molecular weight is 635 g/mol. The number of ether oxygens (including phenoxy) is 2. The number of hydrogen-bond donors (Lipinski definition) is 2. The van der Waals surface area contributed by atoms with Gasteiger partial charge in [-0.25, -0.2) is 4.98 Å². The number of hydrogen-bond acceptors (Lipinski definition) is 5.